The Balaban J connectivity index is 1.86. The Morgan fingerprint density at radius 2 is 2.25 bits per heavy atom. The molecule has 0 aliphatic heterocycles. The number of halogens is 1. The number of nitrogens with zero attached hydrogens (tertiary/aromatic N) is 1. The summed E-state index contributed by atoms with van der Waals surface area (Å²) in [5.41, 5.74) is 7.20. The Kier molecular flexibility index (Phi) is 2.87. The number of thiophene rings is 1. The topological polar surface area (TPSA) is 38.9 Å². The van der Waals surface area contributed by atoms with Gasteiger partial charge < -0.3 is 5.73 Å². The van der Waals surface area contributed by atoms with E-state index in [4.69, 9.17) is 5.73 Å². The van der Waals surface area contributed by atoms with Crippen molar-refractivity contribution in [3.05, 3.63) is 26.3 Å². The Bertz CT molecular complexity index is 502. The lowest BCUT2D eigenvalue weighted by molar-refractivity contribution is 0.629. The standard InChI is InChI=1S/C11H11BrN2S2/c12-9-4-3-8(16-9)7-5-15-11(14-7)10(13)6-1-2-6/h3-6,10H,1-2,13H2. The van der Waals surface area contributed by atoms with Crippen LogP contribution < -0.4 is 5.73 Å². The van der Waals surface area contributed by atoms with Gasteiger partial charge in [-0.15, -0.1) is 22.7 Å². The molecule has 2 heterocycles. The number of hydrogen-bond donors (Lipinski definition) is 1. The summed E-state index contributed by atoms with van der Waals surface area (Å²) >= 11 is 6.86. The van der Waals surface area contributed by atoms with E-state index in [0.29, 0.717) is 5.92 Å². The van der Waals surface area contributed by atoms with E-state index in [2.05, 4.69) is 38.4 Å². The smallest absolute Gasteiger partial charge is 0.110 e. The molecule has 2 aromatic heterocycles. The van der Waals surface area contributed by atoms with Crippen LogP contribution in [0.3, 0.4) is 0 Å². The summed E-state index contributed by atoms with van der Waals surface area (Å²) in [6, 6.07) is 4.30. The second-order valence-electron chi connectivity index (χ2n) is 4.04. The van der Waals surface area contributed by atoms with Crippen LogP contribution in [0.5, 0.6) is 0 Å². The zero-order chi connectivity index (χ0) is 11.1. The third-order valence-corrected chi connectivity index (χ3v) is 5.35. The van der Waals surface area contributed by atoms with Gasteiger partial charge in [0.1, 0.15) is 5.01 Å². The molecule has 0 spiro atoms. The van der Waals surface area contributed by atoms with Crippen LogP contribution in [-0.2, 0) is 0 Å². The molecule has 5 heteroatoms. The summed E-state index contributed by atoms with van der Waals surface area (Å²) in [5, 5.41) is 3.19. The monoisotopic (exact) mass is 314 g/mol. The zero-order valence-corrected chi connectivity index (χ0v) is 11.7. The highest BCUT2D eigenvalue weighted by Gasteiger charge is 2.31. The average Bonchev–Trinajstić information content (AvgIpc) is 2.84. The molecule has 0 radical (unpaired) electrons. The lowest BCUT2D eigenvalue weighted by Gasteiger charge is -2.04. The van der Waals surface area contributed by atoms with E-state index in [-0.39, 0.29) is 6.04 Å². The number of nitrogens with two attached hydrogens (primary N) is 1. The van der Waals surface area contributed by atoms with Crippen LogP contribution in [0.15, 0.2) is 21.3 Å². The second kappa shape index (κ2) is 4.22. The first-order valence-corrected chi connectivity index (χ1v) is 7.69. The van der Waals surface area contributed by atoms with Crippen molar-refractivity contribution >= 4 is 38.6 Å². The van der Waals surface area contributed by atoms with Crippen molar-refractivity contribution in [3.8, 4) is 10.6 Å². The van der Waals surface area contributed by atoms with Crippen molar-refractivity contribution in [1.29, 1.82) is 0 Å². The summed E-state index contributed by atoms with van der Waals surface area (Å²) in [4.78, 5) is 5.84. The van der Waals surface area contributed by atoms with Crippen molar-refractivity contribution in [2.24, 2.45) is 11.7 Å². The lowest BCUT2D eigenvalue weighted by atomic mass is 10.2. The average molecular weight is 315 g/mol. The Hall–Kier alpha value is -0.230. The van der Waals surface area contributed by atoms with Gasteiger partial charge in [-0.3, -0.25) is 0 Å². The van der Waals surface area contributed by atoms with Gasteiger partial charge in [0.25, 0.3) is 0 Å². The molecule has 3 rings (SSSR count). The van der Waals surface area contributed by atoms with E-state index >= 15 is 0 Å². The van der Waals surface area contributed by atoms with E-state index in [1.807, 2.05) is 0 Å². The van der Waals surface area contributed by atoms with Gasteiger partial charge in [-0.25, -0.2) is 4.98 Å². The number of hydrogen-bond acceptors (Lipinski definition) is 4. The Morgan fingerprint density at radius 1 is 1.44 bits per heavy atom. The van der Waals surface area contributed by atoms with E-state index in [1.54, 1.807) is 22.7 Å². The molecule has 1 saturated carbocycles. The molecule has 16 heavy (non-hydrogen) atoms. The molecule has 1 fully saturated rings. The van der Waals surface area contributed by atoms with Crippen LogP contribution in [0.2, 0.25) is 0 Å². The minimum atomic E-state index is 0.155. The van der Waals surface area contributed by atoms with E-state index in [1.165, 1.54) is 17.7 Å². The summed E-state index contributed by atoms with van der Waals surface area (Å²) in [6.07, 6.45) is 2.53. The van der Waals surface area contributed by atoms with Gasteiger partial charge in [0.2, 0.25) is 0 Å². The SMILES string of the molecule is NC(c1nc(-c2ccc(Br)s2)cs1)C1CC1. The van der Waals surface area contributed by atoms with Crippen LogP contribution in [-0.4, -0.2) is 4.98 Å². The molecule has 2 nitrogen and oxygen atoms in total. The van der Waals surface area contributed by atoms with E-state index < -0.39 is 0 Å². The first kappa shape index (κ1) is 10.9. The Morgan fingerprint density at radius 3 is 2.88 bits per heavy atom. The molecule has 0 saturated heterocycles. The quantitative estimate of drug-likeness (QED) is 0.928. The fourth-order valence-electron chi connectivity index (χ4n) is 1.66. The van der Waals surface area contributed by atoms with Crippen molar-refractivity contribution in [2.75, 3.05) is 0 Å². The molecule has 84 valence electrons. The highest BCUT2D eigenvalue weighted by molar-refractivity contribution is 9.11. The summed E-state index contributed by atoms with van der Waals surface area (Å²) < 4.78 is 1.14. The van der Waals surface area contributed by atoms with Crippen molar-refractivity contribution in [1.82, 2.24) is 4.98 Å². The van der Waals surface area contributed by atoms with Crippen LogP contribution >= 0.6 is 38.6 Å². The second-order valence-corrected chi connectivity index (χ2v) is 7.39. The molecule has 1 aliphatic rings. The van der Waals surface area contributed by atoms with Crippen molar-refractivity contribution < 1.29 is 0 Å². The zero-order valence-electron chi connectivity index (χ0n) is 8.52. The van der Waals surface area contributed by atoms with Gasteiger partial charge in [0, 0.05) is 5.38 Å². The predicted octanol–water partition coefficient (Wildman–Crippen LogP) is 4.04. The largest absolute Gasteiger partial charge is 0.322 e. The Labute approximate surface area is 111 Å². The maximum atomic E-state index is 6.14. The van der Waals surface area contributed by atoms with Gasteiger partial charge in [0.15, 0.2) is 0 Å². The maximum absolute atomic E-state index is 6.14. The molecule has 1 atom stereocenters. The summed E-state index contributed by atoms with van der Waals surface area (Å²) in [5.74, 6) is 0.675. The van der Waals surface area contributed by atoms with Crippen LogP contribution in [0.4, 0.5) is 0 Å². The van der Waals surface area contributed by atoms with Crippen LogP contribution in [0.1, 0.15) is 23.9 Å². The summed E-state index contributed by atoms with van der Waals surface area (Å²) in [7, 11) is 0. The molecule has 2 aromatic rings. The van der Waals surface area contributed by atoms with Gasteiger partial charge in [0.05, 0.1) is 20.4 Å². The molecule has 0 bridgehead atoms. The number of thiazole rings is 1. The van der Waals surface area contributed by atoms with Crippen LogP contribution in [0.25, 0.3) is 10.6 Å². The molecule has 0 amide bonds. The van der Waals surface area contributed by atoms with Gasteiger partial charge in [-0.05, 0) is 46.8 Å². The third kappa shape index (κ3) is 2.09. The summed E-state index contributed by atoms with van der Waals surface area (Å²) in [6.45, 7) is 0. The van der Waals surface area contributed by atoms with Crippen molar-refractivity contribution in [2.45, 2.75) is 18.9 Å². The normalized spacial score (nSPS) is 17.6. The van der Waals surface area contributed by atoms with E-state index in [9.17, 15) is 0 Å². The third-order valence-electron chi connectivity index (χ3n) is 2.76. The molecule has 0 aromatic carbocycles. The minimum absolute atomic E-state index is 0.155. The fourth-order valence-corrected chi connectivity index (χ4v) is 4.00. The van der Waals surface area contributed by atoms with Crippen LogP contribution in [0, 0.1) is 5.92 Å². The fraction of sp³-hybridized carbons (Fsp3) is 0.364. The number of aromatic nitrogens is 1. The number of rotatable bonds is 3. The molecule has 2 N–H and O–H groups in total. The van der Waals surface area contributed by atoms with Gasteiger partial charge >= 0.3 is 0 Å². The first-order valence-electron chi connectivity index (χ1n) is 5.21. The highest BCUT2D eigenvalue weighted by Crippen LogP contribution is 2.41. The van der Waals surface area contributed by atoms with Crippen molar-refractivity contribution in [3.63, 3.8) is 0 Å². The molecule has 1 aliphatic carbocycles. The maximum Gasteiger partial charge on any atom is 0.110 e. The van der Waals surface area contributed by atoms with Gasteiger partial charge in [-0.1, -0.05) is 0 Å². The molecular formula is C11H11BrN2S2. The predicted molar refractivity (Wildman–Crippen MR) is 72.8 cm³/mol. The molecule has 1 unspecified atom stereocenters. The van der Waals surface area contributed by atoms with Gasteiger partial charge in [-0.2, -0.15) is 0 Å². The lowest BCUT2D eigenvalue weighted by Crippen LogP contribution is -2.11. The first-order chi connectivity index (χ1) is 7.74. The highest BCUT2D eigenvalue weighted by atomic mass is 79.9. The minimum Gasteiger partial charge on any atom is -0.322 e. The molecular weight excluding hydrogens is 304 g/mol. The van der Waals surface area contributed by atoms with E-state index in [0.717, 1.165) is 14.5 Å².